The minimum absolute atomic E-state index is 0.391. The van der Waals surface area contributed by atoms with Crippen LogP contribution in [0.25, 0.3) is 0 Å². The highest BCUT2D eigenvalue weighted by Gasteiger charge is 2.05. The minimum Gasteiger partial charge on any atom is -0.385 e. The molecule has 0 saturated carbocycles. The molecule has 0 spiro atoms. The van der Waals surface area contributed by atoms with Crippen LogP contribution in [0.15, 0.2) is 0 Å². The van der Waals surface area contributed by atoms with Gasteiger partial charge in [-0.15, -0.1) is 0 Å². The van der Waals surface area contributed by atoms with Gasteiger partial charge in [0, 0.05) is 19.8 Å². The molecule has 0 aromatic heterocycles. The lowest BCUT2D eigenvalue weighted by molar-refractivity contribution is 0.191. The van der Waals surface area contributed by atoms with Gasteiger partial charge in [0.2, 0.25) is 0 Å². The zero-order chi connectivity index (χ0) is 10.1. The van der Waals surface area contributed by atoms with Gasteiger partial charge in [-0.3, -0.25) is 0 Å². The molecule has 13 heavy (non-hydrogen) atoms. The first-order valence-corrected chi connectivity index (χ1v) is 5.43. The van der Waals surface area contributed by atoms with Crippen LogP contribution in [0.1, 0.15) is 46.0 Å². The molecule has 0 bridgehead atoms. The van der Waals surface area contributed by atoms with Crippen LogP contribution < -0.4 is 5.73 Å². The van der Waals surface area contributed by atoms with E-state index in [1.54, 1.807) is 7.11 Å². The molecule has 0 radical (unpaired) electrons. The number of hydrogen-bond acceptors (Lipinski definition) is 2. The summed E-state index contributed by atoms with van der Waals surface area (Å²) in [7, 11) is 1.76. The SMILES string of the molecule is COCCCCCCC(N)C(C)C. The maximum Gasteiger partial charge on any atom is 0.0462 e. The van der Waals surface area contributed by atoms with E-state index in [1.807, 2.05) is 0 Å². The molecule has 0 amide bonds. The molecule has 1 atom stereocenters. The number of nitrogens with two attached hydrogens (primary N) is 1. The lowest BCUT2D eigenvalue weighted by Gasteiger charge is -2.14. The zero-order valence-electron chi connectivity index (χ0n) is 9.38. The van der Waals surface area contributed by atoms with E-state index in [0.29, 0.717) is 12.0 Å². The van der Waals surface area contributed by atoms with E-state index in [9.17, 15) is 0 Å². The third kappa shape index (κ3) is 8.26. The van der Waals surface area contributed by atoms with Gasteiger partial charge in [0.1, 0.15) is 0 Å². The van der Waals surface area contributed by atoms with E-state index >= 15 is 0 Å². The first kappa shape index (κ1) is 12.9. The van der Waals surface area contributed by atoms with Gasteiger partial charge in [-0.25, -0.2) is 0 Å². The first-order chi connectivity index (χ1) is 6.18. The fourth-order valence-corrected chi connectivity index (χ4v) is 1.31. The number of ether oxygens (including phenoxy) is 1. The Kier molecular flexibility index (Phi) is 8.46. The third-order valence-corrected chi connectivity index (χ3v) is 2.49. The van der Waals surface area contributed by atoms with Crippen LogP contribution >= 0.6 is 0 Å². The van der Waals surface area contributed by atoms with Crippen molar-refractivity contribution in [1.82, 2.24) is 0 Å². The van der Waals surface area contributed by atoms with Crippen molar-refractivity contribution in [2.75, 3.05) is 13.7 Å². The van der Waals surface area contributed by atoms with Crippen molar-refractivity contribution in [3.63, 3.8) is 0 Å². The Morgan fingerprint density at radius 1 is 1.08 bits per heavy atom. The summed E-state index contributed by atoms with van der Waals surface area (Å²) >= 11 is 0. The molecule has 0 aliphatic carbocycles. The van der Waals surface area contributed by atoms with Gasteiger partial charge in [-0.2, -0.15) is 0 Å². The topological polar surface area (TPSA) is 35.2 Å². The molecular weight excluding hydrogens is 162 g/mol. The molecular formula is C11H25NO. The van der Waals surface area contributed by atoms with Crippen LogP contribution in [0, 0.1) is 5.92 Å². The molecule has 0 fully saturated rings. The van der Waals surface area contributed by atoms with Crippen molar-refractivity contribution >= 4 is 0 Å². The van der Waals surface area contributed by atoms with Gasteiger partial charge in [-0.05, 0) is 18.8 Å². The Hall–Kier alpha value is -0.0800. The summed E-state index contributed by atoms with van der Waals surface area (Å²) < 4.78 is 4.98. The largest absolute Gasteiger partial charge is 0.385 e. The van der Waals surface area contributed by atoms with Crippen molar-refractivity contribution in [2.24, 2.45) is 11.7 Å². The van der Waals surface area contributed by atoms with Crippen LogP contribution in [0.2, 0.25) is 0 Å². The van der Waals surface area contributed by atoms with E-state index in [1.165, 1.54) is 32.1 Å². The van der Waals surface area contributed by atoms with Gasteiger partial charge in [-0.1, -0.05) is 33.1 Å². The number of rotatable bonds is 8. The predicted octanol–water partition coefficient (Wildman–Crippen LogP) is 2.57. The maximum atomic E-state index is 5.93. The zero-order valence-corrected chi connectivity index (χ0v) is 9.38. The molecule has 0 aliphatic heterocycles. The standard InChI is InChI=1S/C11H25NO/c1-10(2)11(12)8-6-4-5-7-9-13-3/h10-11H,4-9,12H2,1-3H3. The molecule has 0 aromatic carbocycles. The first-order valence-electron chi connectivity index (χ1n) is 5.43. The second kappa shape index (κ2) is 8.52. The van der Waals surface area contributed by atoms with Gasteiger partial charge in [0.15, 0.2) is 0 Å². The molecule has 0 heterocycles. The van der Waals surface area contributed by atoms with Crippen molar-refractivity contribution in [3.8, 4) is 0 Å². The summed E-state index contributed by atoms with van der Waals surface area (Å²) in [4.78, 5) is 0. The fraction of sp³-hybridized carbons (Fsp3) is 1.00. The molecule has 0 saturated heterocycles. The second-order valence-electron chi connectivity index (χ2n) is 4.10. The summed E-state index contributed by atoms with van der Waals surface area (Å²) in [5, 5.41) is 0. The van der Waals surface area contributed by atoms with Crippen molar-refractivity contribution in [1.29, 1.82) is 0 Å². The molecule has 2 nitrogen and oxygen atoms in total. The van der Waals surface area contributed by atoms with Crippen LogP contribution in [-0.2, 0) is 4.74 Å². The minimum atomic E-state index is 0.391. The van der Waals surface area contributed by atoms with Crippen molar-refractivity contribution < 1.29 is 4.74 Å². The third-order valence-electron chi connectivity index (χ3n) is 2.49. The lowest BCUT2D eigenvalue weighted by atomic mass is 9.99. The van der Waals surface area contributed by atoms with Crippen LogP contribution in [0.5, 0.6) is 0 Å². The van der Waals surface area contributed by atoms with Gasteiger partial charge in [0.05, 0.1) is 0 Å². The monoisotopic (exact) mass is 187 g/mol. The summed E-state index contributed by atoms with van der Waals surface area (Å²) in [6.45, 7) is 5.28. The Morgan fingerprint density at radius 3 is 2.23 bits per heavy atom. The van der Waals surface area contributed by atoms with E-state index in [2.05, 4.69) is 13.8 Å². The molecule has 2 heteroatoms. The van der Waals surface area contributed by atoms with E-state index < -0.39 is 0 Å². The lowest BCUT2D eigenvalue weighted by Crippen LogP contribution is -2.25. The fourth-order valence-electron chi connectivity index (χ4n) is 1.31. The Morgan fingerprint density at radius 2 is 1.69 bits per heavy atom. The molecule has 0 aromatic rings. The molecule has 0 aliphatic rings. The molecule has 2 N–H and O–H groups in total. The Labute approximate surface area is 82.8 Å². The normalized spacial score (nSPS) is 13.6. The number of unbranched alkanes of at least 4 members (excludes halogenated alkanes) is 3. The molecule has 80 valence electrons. The van der Waals surface area contributed by atoms with E-state index in [-0.39, 0.29) is 0 Å². The van der Waals surface area contributed by atoms with Gasteiger partial charge < -0.3 is 10.5 Å². The van der Waals surface area contributed by atoms with Crippen LogP contribution in [0.3, 0.4) is 0 Å². The van der Waals surface area contributed by atoms with E-state index in [4.69, 9.17) is 10.5 Å². The second-order valence-corrected chi connectivity index (χ2v) is 4.10. The summed E-state index contributed by atoms with van der Waals surface area (Å²) in [6, 6.07) is 0.391. The average molecular weight is 187 g/mol. The van der Waals surface area contributed by atoms with Crippen LogP contribution in [0.4, 0.5) is 0 Å². The highest BCUT2D eigenvalue weighted by Crippen LogP contribution is 2.09. The summed E-state index contributed by atoms with van der Waals surface area (Å²) in [5.41, 5.74) is 5.93. The maximum absolute atomic E-state index is 5.93. The predicted molar refractivity (Wildman–Crippen MR) is 57.8 cm³/mol. The van der Waals surface area contributed by atoms with Crippen molar-refractivity contribution in [3.05, 3.63) is 0 Å². The van der Waals surface area contributed by atoms with E-state index in [0.717, 1.165) is 6.61 Å². The van der Waals surface area contributed by atoms with Gasteiger partial charge >= 0.3 is 0 Å². The van der Waals surface area contributed by atoms with Crippen molar-refractivity contribution in [2.45, 2.75) is 52.0 Å². The summed E-state index contributed by atoms with van der Waals surface area (Å²) in [5.74, 6) is 0.624. The molecule has 0 rings (SSSR count). The molecule has 1 unspecified atom stereocenters. The van der Waals surface area contributed by atoms with Crippen LogP contribution in [-0.4, -0.2) is 19.8 Å². The average Bonchev–Trinajstić information content (AvgIpc) is 2.10. The highest BCUT2D eigenvalue weighted by molar-refractivity contribution is 4.64. The quantitative estimate of drug-likeness (QED) is 0.593. The Bertz CT molecular complexity index is 104. The van der Waals surface area contributed by atoms with Gasteiger partial charge in [0.25, 0.3) is 0 Å². The number of methoxy groups -OCH3 is 1. The number of hydrogen-bond donors (Lipinski definition) is 1. The summed E-state index contributed by atoms with van der Waals surface area (Å²) in [6.07, 6.45) is 6.20. The smallest absolute Gasteiger partial charge is 0.0462 e. The Balaban J connectivity index is 3.07. The highest BCUT2D eigenvalue weighted by atomic mass is 16.5.